The van der Waals surface area contributed by atoms with Gasteiger partial charge in [-0.2, -0.15) is 19.3 Å². The van der Waals surface area contributed by atoms with Gasteiger partial charge in [-0.1, -0.05) is 42.5 Å². The zero-order valence-corrected chi connectivity index (χ0v) is 32.5. The number of ether oxygens (including phenoxy) is 6. The van der Waals surface area contributed by atoms with Crippen LogP contribution in [-0.4, -0.2) is 52.3 Å². The van der Waals surface area contributed by atoms with Gasteiger partial charge in [-0.25, -0.2) is 4.79 Å². The average Bonchev–Trinajstić information content (AvgIpc) is 4.10. The van der Waals surface area contributed by atoms with Crippen molar-refractivity contribution in [1.82, 2.24) is 8.75 Å². The van der Waals surface area contributed by atoms with Crippen molar-refractivity contribution >= 4 is 46.6 Å². The molecule has 6 aromatic rings. The highest BCUT2D eigenvalue weighted by molar-refractivity contribution is 7.00. The Kier molecular flexibility index (Phi) is 10.9. The van der Waals surface area contributed by atoms with Gasteiger partial charge >= 0.3 is 11.9 Å². The van der Waals surface area contributed by atoms with Gasteiger partial charge in [0.1, 0.15) is 17.3 Å². The monoisotopic (exact) mass is 820 g/mol. The lowest BCUT2D eigenvalue weighted by Crippen LogP contribution is -2.29. The number of rotatable bonds is 10. The zero-order chi connectivity index (χ0) is 41.8. The van der Waals surface area contributed by atoms with Crippen LogP contribution in [0.25, 0.3) is 16.6 Å². The molecule has 3 atom stereocenters. The first-order valence-corrected chi connectivity index (χ1v) is 19.3. The Labute approximate surface area is 346 Å². The number of hydrogen-bond donors (Lipinski definition) is 1. The van der Waals surface area contributed by atoms with Gasteiger partial charge in [-0.15, -0.1) is 0 Å². The van der Waals surface area contributed by atoms with Crippen LogP contribution >= 0.6 is 11.7 Å². The summed E-state index contributed by atoms with van der Waals surface area (Å²) in [6.45, 7) is 2.15. The second kappa shape index (κ2) is 16.7. The third kappa shape index (κ3) is 7.58. The van der Waals surface area contributed by atoms with Crippen LogP contribution in [0.3, 0.4) is 0 Å². The Morgan fingerprint density at radius 1 is 0.817 bits per heavy atom. The fourth-order valence-electron chi connectivity index (χ4n) is 7.20. The molecule has 5 aromatic carbocycles. The summed E-state index contributed by atoms with van der Waals surface area (Å²) in [5.74, 6) is -2.51. The van der Waals surface area contributed by atoms with E-state index in [-0.39, 0.29) is 32.2 Å². The summed E-state index contributed by atoms with van der Waals surface area (Å²) in [4.78, 5) is 37.7. The van der Waals surface area contributed by atoms with E-state index in [1.807, 2.05) is 24.3 Å². The number of aliphatic hydroxyl groups is 1. The molecule has 15 heteroatoms. The molecule has 3 aliphatic rings. The van der Waals surface area contributed by atoms with Gasteiger partial charge in [-0.3, -0.25) is 4.79 Å². The molecule has 9 rings (SSSR count). The van der Waals surface area contributed by atoms with Crippen molar-refractivity contribution in [1.29, 1.82) is 10.5 Å². The van der Waals surface area contributed by atoms with Crippen LogP contribution in [-0.2, 0) is 36.1 Å². The Bertz CT molecular complexity index is 2750. The number of nitrogens with zero attached hydrogens (tertiary/aromatic N) is 4. The minimum atomic E-state index is -2.01. The number of benzene rings is 5. The molecule has 3 aliphatic heterocycles. The van der Waals surface area contributed by atoms with Crippen LogP contribution in [0.4, 0.5) is 0 Å². The zero-order valence-electron chi connectivity index (χ0n) is 31.7. The summed E-state index contributed by atoms with van der Waals surface area (Å²) in [6.07, 6.45) is 0.951. The topological polar surface area (TPSA) is 200 Å². The molecule has 0 saturated carbocycles. The van der Waals surface area contributed by atoms with E-state index >= 15 is 0 Å². The van der Waals surface area contributed by atoms with Crippen LogP contribution in [0, 0.1) is 22.7 Å². The molecule has 0 fully saturated rings. The first-order valence-electron chi connectivity index (χ1n) is 18.6. The lowest BCUT2D eigenvalue weighted by molar-refractivity contribution is -0.185. The number of esters is 2. The summed E-state index contributed by atoms with van der Waals surface area (Å²) in [7, 11) is 0. The quantitative estimate of drug-likeness (QED) is 0.114. The van der Waals surface area contributed by atoms with Gasteiger partial charge in [-0.05, 0) is 89.8 Å². The first kappa shape index (κ1) is 39.2. The maximum absolute atomic E-state index is 13.2. The minimum Gasteiger partial charge on any atom is -0.465 e. The number of nitriles is 2. The molecule has 0 bridgehead atoms. The Balaban J connectivity index is 0.000000173. The standard InChI is InChI=1S/C25H15N3O5S.C20H17NO5/c26-12-14-1-5-17(6-2-14)25(30)18(9-15-3-7-19-20(10-15)28-34-27-19)23(24(29)33-25)16-4-8-21-22(11-16)32-13-31-21;1-2-24-20(23)19(15-7-8-17-18(9-15)26-12-25-17)16(11-22)14-5-3-13(10-21)4-6-14/h1-8,10-11,30H,9,13H2;3-9,11,16,19H,2,12H2,1H3. The number of carbonyl (C=O) groups excluding carboxylic acids is 3. The smallest absolute Gasteiger partial charge is 0.342 e. The van der Waals surface area contributed by atoms with Crippen molar-refractivity contribution in [2.24, 2.45) is 0 Å². The van der Waals surface area contributed by atoms with Crippen LogP contribution in [0.5, 0.6) is 23.0 Å². The molecule has 3 unspecified atom stereocenters. The molecular weight excluding hydrogens is 789 g/mol. The lowest BCUT2D eigenvalue weighted by atomic mass is 9.82. The minimum absolute atomic E-state index is 0.103. The maximum Gasteiger partial charge on any atom is 0.342 e. The van der Waals surface area contributed by atoms with E-state index in [0.29, 0.717) is 62.0 Å². The predicted molar refractivity (Wildman–Crippen MR) is 214 cm³/mol. The number of aldehydes is 1. The third-order valence-corrected chi connectivity index (χ3v) is 10.7. The van der Waals surface area contributed by atoms with Gasteiger partial charge in [0.2, 0.25) is 13.6 Å². The predicted octanol–water partition coefficient (Wildman–Crippen LogP) is 6.61. The summed E-state index contributed by atoms with van der Waals surface area (Å²) < 4.78 is 40.9. The number of fused-ring (bicyclic) bond motifs is 3. The number of hydrogen-bond acceptors (Lipinski definition) is 15. The SMILES string of the molecule is CCOC(=O)C(c1ccc2c(c1)OCO2)C(C=O)c1ccc(C#N)cc1.N#Cc1ccc(C2(O)OC(=O)C(c3ccc4c(c3)OCO4)=C2Cc2ccc3nsnc3c2)cc1. The van der Waals surface area contributed by atoms with Crippen molar-refractivity contribution in [3.63, 3.8) is 0 Å². The summed E-state index contributed by atoms with van der Waals surface area (Å²) in [5.41, 5.74) is 6.02. The molecule has 0 aliphatic carbocycles. The van der Waals surface area contributed by atoms with E-state index in [1.165, 1.54) is 0 Å². The van der Waals surface area contributed by atoms with E-state index in [1.54, 1.807) is 91.9 Å². The van der Waals surface area contributed by atoms with Gasteiger partial charge < -0.3 is 38.3 Å². The van der Waals surface area contributed by atoms with E-state index < -0.39 is 29.6 Å². The van der Waals surface area contributed by atoms with Crippen molar-refractivity contribution in [3.8, 4) is 35.1 Å². The molecule has 0 amide bonds. The fraction of sp³-hybridized carbons (Fsp3) is 0.178. The van der Waals surface area contributed by atoms with E-state index in [2.05, 4.69) is 14.8 Å². The number of aromatic nitrogens is 2. The molecule has 60 heavy (non-hydrogen) atoms. The normalized spacial score (nSPS) is 16.8. The van der Waals surface area contributed by atoms with E-state index in [0.717, 1.165) is 34.6 Å². The van der Waals surface area contributed by atoms with Crippen LogP contribution in [0.15, 0.2) is 109 Å². The molecule has 0 radical (unpaired) electrons. The largest absolute Gasteiger partial charge is 0.465 e. The van der Waals surface area contributed by atoms with Crippen molar-refractivity contribution in [3.05, 3.63) is 148 Å². The average molecular weight is 821 g/mol. The molecule has 1 aromatic heterocycles. The molecule has 1 N–H and O–H groups in total. The van der Waals surface area contributed by atoms with E-state index in [4.69, 9.17) is 38.9 Å². The number of carbonyl (C=O) groups is 3. The van der Waals surface area contributed by atoms with E-state index in [9.17, 15) is 19.5 Å². The lowest BCUT2D eigenvalue weighted by Gasteiger charge is -2.25. The molecule has 298 valence electrons. The fourth-order valence-corrected chi connectivity index (χ4v) is 7.71. The first-order chi connectivity index (χ1) is 29.2. The molecular formula is C45H32N4O10S. The summed E-state index contributed by atoms with van der Waals surface area (Å²) >= 11 is 1.12. The highest BCUT2D eigenvalue weighted by Gasteiger charge is 2.48. The van der Waals surface area contributed by atoms with Crippen LogP contribution < -0.4 is 18.9 Å². The molecule has 4 heterocycles. The Morgan fingerprint density at radius 3 is 2.10 bits per heavy atom. The van der Waals surface area contributed by atoms with Crippen molar-refractivity contribution < 1.29 is 47.9 Å². The molecule has 0 spiro atoms. The molecule has 0 saturated heterocycles. The summed E-state index contributed by atoms with van der Waals surface area (Å²) in [5, 5.41) is 29.8. The van der Waals surface area contributed by atoms with Crippen molar-refractivity contribution in [2.45, 2.75) is 31.0 Å². The van der Waals surface area contributed by atoms with Gasteiger partial charge in [0.15, 0.2) is 23.0 Å². The Hall–Kier alpha value is -7.59. The summed E-state index contributed by atoms with van der Waals surface area (Å²) in [6, 6.07) is 32.9. The van der Waals surface area contributed by atoms with Crippen molar-refractivity contribution in [2.75, 3.05) is 20.2 Å². The second-order valence-corrected chi connectivity index (χ2v) is 14.2. The third-order valence-electron chi connectivity index (χ3n) is 10.1. The number of cyclic esters (lactones) is 1. The highest BCUT2D eigenvalue weighted by atomic mass is 32.1. The Morgan fingerprint density at radius 2 is 1.43 bits per heavy atom. The maximum atomic E-state index is 13.2. The molecule has 14 nitrogen and oxygen atoms in total. The van der Waals surface area contributed by atoms with Crippen LogP contribution in [0.1, 0.15) is 57.7 Å². The highest BCUT2D eigenvalue weighted by Crippen LogP contribution is 2.46. The van der Waals surface area contributed by atoms with Gasteiger partial charge in [0, 0.05) is 17.6 Å². The van der Waals surface area contributed by atoms with Gasteiger partial charge in [0.25, 0.3) is 5.79 Å². The second-order valence-electron chi connectivity index (χ2n) is 13.6. The van der Waals surface area contributed by atoms with Crippen LogP contribution in [0.2, 0.25) is 0 Å². The van der Waals surface area contributed by atoms with Gasteiger partial charge in [0.05, 0.1) is 59.0 Å².